The maximum Gasteiger partial charge on any atom is 0.262 e. The Bertz CT molecular complexity index is 2470. The second-order valence-corrected chi connectivity index (χ2v) is 18.5. The number of hydrogen-bond acceptors (Lipinski definition) is 12. The van der Waals surface area contributed by atoms with Gasteiger partial charge in [0.05, 0.1) is 40.7 Å². The standard InChI is InChI=1S/C49H53ClN8O6/c1-49(2,33-25-31(29-51)26-34(50)27-33)32-3-6-38(7-4-32)63-30-35-11-18-52-48(53-35)57-19-12-36(13-20-57)55-21-14-39(15-22-55)64-40-16-23-56(24-17-40)37-5-8-41-42(28-37)47(62)58(46(41)61)43-9-10-44(59)54-45(43)60/h3-8,11,18,25-28,36,39-40,43H,9-10,12-17,19-24,30H2,1-2H3,(H,54,59,60). The summed E-state index contributed by atoms with van der Waals surface area (Å²) in [5.41, 5.74) is 4.56. The molecule has 9 rings (SSSR count). The summed E-state index contributed by atoms with van der Waals surface area (Å²) in [4.78, 5) is 68.3. The van der Waals surface area contributed by atoms with Gasteiger partial charge in [-0.15, -0.1) is 0 Å². The van der Waals surface area contributed by atoms with Gasteiger partial charge < -0.3 is 24.2 Å². The molecule has 4 aromatic rings. The van der Waals surface area contributed by atoms with Gasteiger partial charge in [-0.25, -0.2) is 9.97 Å². The molecule has 0 spiro atoms. The Balaban J connectivity index is 0.698. The molecular weight excluding hydrogens is 832 g/mol. The Hall–Kier alpha value is -5.88. The van der Waals surface area contributed by atoms with E-state index in [-0.39, 0.29) is 36.4 Å². The van der Waals surface area contributed by atoms with Crippen LogP contribution in [-0.4, -0.2) is 107 Å². The van der Waals surface area contributed by atoms with Gasteiger partial charge in [-0.05, 0) is 111 Å². The van der Waals surface area contributed by atoms with E-state index in [1.165, 1.54) is 0 Å². The van der Waals surface area contributed by atoms with E-state index in [0.717, 1.165) is 117 Å². The normalized spacial score (nSPS) is 20.7. The van der Waals surface area contributed by atoms with Crippen LogP contribution in [-0.2, 0) is 26.3 Å². The van der Waals surface area contributed by atoms with Crippen molar-refractivity contribution in [2.45, 2.75) is 102 Å². The van der Waals surface area contributed by atoms with Gasteiger partial charge >= 0.3 is 0 Å². The summed E-state index contributed by atoms with van der Waals surface area (Å²) >= 11 is 6.31. The molecule has 1 unspecified atom stereocenters. The number of fused-ring (bicyclic) bond motifs is 1. The number of piperidine rings is 4. The fourth-order valence-corrected chi connectivity index (χ4v) is 10.1. The van der Waals surface area contributed by atoms with Crippen LogP contribution in [0.4, 0.5) is 11.6 Å². The molecule has 1 atom stereocenters. The first-order valence-electron chi connectivity index (χ1n) is 22.4. The van der Waals surface area contributed by atoms with Crippen molar-refractivity contribution >= 4 is 46.9 Å². The van der Waals surface area contributed by atoms with Crippen molar-refractivity contribution in [2.75, 3.05) is 49.1 Å². The van der Waals surface area contributed by atoms with Crippen molar-refractivity contribution < 1.29 is 28.7 Å². The average molecular weight is 885 g/mol. The van der Waals surface area contributed by atoms with Crippen molar-refractivity contribution in [1.82, 2.24) is 25.1 Å². The molecule has 4 fully saturated rings. The van der Waals surface area contributed by atoms with Crippen LogP contribution < -0.4 is 19.9 Å². The van der Waals surface area contributed by atoms with Crippen LogP contribution in [0.5, 0.6) is 5.75 Å². The Morgan fingerprint density at radius 3 is 2.17 bits per heavy atom. The molecule has 5 aliphatic heterocycles. The summed E-state index contributed by atoms with van der Waals surface area (Å²) in [5, 5.41) is 12.2. The highest BCUT2D eigenvalue weighted by atomic mass is 35.5. The van der Waals surface area contributed by atoms with Crippen molar-refractivity contribution in [3.8, 4) is 11.8 Å². The first kappa shape index (κ1) is 43.4. The maximum absolute atomic E-state index is 13.4. The number of benzene rings is 3. The van der Waals surface area contributed by atoms with E-state index in [1.54, 1.807) is 18.2 Å². The van der Waals surface area contributed by atoms with E-state index in [0.29, 0.717) is 34.4 Å². The third-order valence-electron chi connectivity index (χ3n) is 13.8. The monoisotopic (exact) mass is 884 g/mol. The smallest absolute Gasteiger partial charge is 0.262 e. The van der Waals surface area contributed by atoms with Crippen LogP contribution in [0.15, 0.2) is 72.9 Å². The van der Waals surface area contributed by atoms with Crippen molar-refractivity contribution in [2.24, 2.45) is 0 Å². The number of likely N-dealkylation sites (tertiary alicyclic amines) is 1. The SMILES string of the molecule is CC(C)(c1ccc(OCc2ccnc(N3CCC(N4CCC(OC5CCN(c6ccc7c(c6)C(=O)N(C6CCC(=O)NC6=O)C7=O)CC5)CC4)CC3)n2)cc1)c1cc(Cl)cc(C#N)c1. The Morgan fingerprint density at radius 2 is 1.47 bits per heavy atom. The Kier molecular flexibility index (Phi) is 12.4. The highest BCUT2D eigenvalue weighted by molar-refractivity contribution is 6.30. The van der Waals surface area contributed by atoms with Gasteiger partial charge in [-0.2, -0.15) is 5.26 Å². The summed E-state index contributed by atoms with van der Waals surface area (Å²) in [6, 6.07) is 22.5. The molecule has 5 aliphatic rings. The minimum absolute atomic E-state index is 0.0929. The number of ether oxygens (including phenoxy) is 2. The lowest BCUT2D eigenvalue weighted by Crippen LogP contribution is -2.54. The van der Waals surface area contributed by atoms with Crippen LogP contribution in [0.25, 0.3) is 0 Å². The van der Waals surface area contributed by atoms with Gasteiger partial charge in [0, 0.05) is 74.1 Å². The first-order chi connectivity index (χ1) is 30.9. The molecule has 6 heterocycles. The zero-order valence-corrected chi connectivity index (χ0v) is 37.1. The fraction of sp³-hybridized carbons (Fsp3) is 0.449. The lowest BCUT2D eigenvalue weighted by Gasteiger charge is -2.42. The summed E-state index contributed by atoms with van der Waals surface area (Å²) < 4.78 is 12.8. The first-order valence-corrected chi connectivity index (χ1v) is 22.8. The number of halogens is 1. The predicted octanol–water partition coefficient (Wildman–Crippen LogP) is 6.43. The molecule has 332 valence electrons. The quantitative estimate of drug-likeness (QED) is 0.165. The lowest BCUT2D eigenvalue weighted by atomic mass is 9.78. The third-order valence-corrected chi connectivity index (χ3v) is 14.0. The van der Waals surface area contributed by atoms with Gasteiger partial charge in [-0.1, -0.05) is 37.6 Å². The van der Waals surface area contributed by atoms with E-state index >= 15 is 0 Å². The van der Waals surface area contributed by atoms with E-state index in [1.807, 2.05) is 42.6 Å². The second kappa shape index (κ2) is 18.3. The van der Waals surface area contributed by atoms with Gasteiger partial charge in [0.15, 0.2) is 0 Å². The van der Waals surface area contributed by atoms with Crippen LogP contribution in [0.3, 0.4) is 0 Å². The van der Waals surface area contributed by atoms with Gasteiger partial charge in [0.2, 0.25) is 17.8 Å². The Labute approximate surface area is 378 Å². The zero-order chi connectivity index (χ0) is 44.5. The number of rotatable bonds is 11. The fourth-order valence-electron chi connectivity index (χ4n) is 9.91. The van der Waals surface area contributed by atoms with Crippen LogP contribution in [0, 0.1) is 11.3 Å². The number of carbonyl (C=O) groups is 4. The molecule has 0 saturated carbocycles. The molecule has 0 radical (unpaired) electrons. The number of nitrogens with zero attached hydrogens (tertiary/aromatic N) is 7. The summed E-state index contributed by atoms with van der Waals surface area (Å²) in [6.07, 6.45) is 8.36. The molecule has 4 saturated heterocycles. The molecule has 3 aromatic carbocycles. The van der Waals surface area contributed by atoms with E-state index in [9.17, 15) is 24.4 Å². The van der Waals surface area contributed by atoms with Crippen LogP contribution in [0.1, 0.15) is 108 Å². The molecule has 14 nitrogen and oxygen atoms in total. The number of anilines is 2. The Morgan fingerprint density at radius 1 is 0.781 bits per heavy atom. The molecule has 0 aliphatic carbocycles. The van der Waals surface area contributed by atoms with Gasteiger partial charge in [0.1, 0.15) is 18.4 Å². The number of nitriles is 1. The minimum Gasteiger partial charge on any atom is -0.487 e. The highest BCUT2D eigenvalue weighted by Crippen LogP contribution is 2.36. The summed E-state index contributed by atoms with van der Waals surface area (Å²) in [7, 11) is 0. The van der Waals surface area contributed by atoms with E-state index in [2.05, 4.69) is 57.0 Å². The number of nitrogens with one attached hydrogen (secondary N) is 1. The number of aromatic nitrogens is 2. The molecule has 1 aromatic heterocycles. The van der Waals surface area contributed by atoms with E-state index in [4.69, 9.17) is 26.1 Å². The molecule has 1 N–H and O–H groups in total. The predicted molar refractivity (Wildman–Crippen MR) is 240 cm³/mol. The molecular formula is C49H53ClN8O6. The molecule has 15 heteroatoms. The summed E-state index contributed by atoms with van der Waals surface area (Å²) in [5.74, 6) is -0.480. The number of carbonyl (C=O) groups excluding carboxylic acids is 4. The maximum atomic E-state index is 13.4. The zero-order valence-electron chi connectivity index (χ0n) is 36.3. The van der Waals surface area contributed by atoms with E-state index < -0.39 is 23.8 Å². The number of hydrogen-bond donors (Lipinski definition) is 1. The highest BCUT2D eigenvalue weighted by Gasteiger charge is 2.45. The molecule has 64 heavy (non-hydrogen) atoms. The van der Waals surface area contributed by atoms with Crippen molar-refractivity contribution in [3.63, 3.8) is 0 Å². The number of amides is 4. The van der Waals surface area contributed by atoms with Crippen LogP contribution in [0.2, 0.25) is 5.02 Å². The third kappa shape index (κ3) is 9.07. The molecule has 0 bridgehead atoms. The van der Waals surface area contributed by atoms with Crippen molar-refractivity contribution in [1.29, 1.82) is 5.26 Å². The topological polar surface area (TPSA) is 161 Å². The molecule has 4 amide bonds. The lowest BCUT2D eigenvalue weighted by molar-refractivity contribution is -0.136. The summed E-state index contributed by atoms with van der Waals surface area (Å²) in [6.45, 7) is 9.98. The largest absolute Gasteiger partial charge is 0.487 e. The van der Waals surface area contributed by atoms with Crippen LogP contribution >= 0.6 is 11.6 Å². The van der Waals surface area contributed by atoms with Gasteiger partial charge in [0.25, 0.3) is 11.8 Å². The second-order valence-electron chi connectivity index (χ2n) is 18.1. The average Bonchev–Trinajstić information content (AvgIpc) is 3.56. The number of imide groups is 2. The van der Waals surface area contributed by atoms with Crippen molar-refractivity contribution in [3.05, 3.63) is 111 Å². The minimum atomic E-state index is -0.973. The van der Waals surface area contributed by atoms with Gasteiger partial charge in [-0.3, -0.25) is 29.4 Å².